The highest BCUT2D eigenvalue weighted by molar-refractivity contribution is 7.90. The summed E-state index contributed by atoms with van der Waals surface area (Å²) in [5, 5.41) is 2.54. The third-order valence-electron chi connectivity index (χ3n) is 3.33. The van der Waals surface area contributed by atoms with Crippen LogP contribution in [0.15, 0.2) is 29.2 Å². The highest BCUT2D eigenvalue weighted by Gasteiger charge is 2.18. The van der Waals surface area contributed by atoms with Gasteiger partial charge < -0.3 is 10.1 Å². The van der Waals surface area contributed by atoms with E-state index in [1.165, 1.54) is 12.1 Å². The van der Waals surface area contributed by atoms with E-state index in [2.05, 4.69) is 5.32 Å². The Morgan fingerprint density at radius 2 is 2.05 bits per heavy atom. The van der Waals surface area contributed by atoms with E-state index in [-0.39, 0.29) is 11.0 Å². The molecule has 1 atom stereocenters. The second-order valence-electron chi connectivity index (χ2n) is 5.10. The van der Waals surface area contributed by atoms with Crippen molar-refractivity contribution in [1.29, 1.82) is 0 Å². The molecule has 0 saturated carbocycles. The molecule has 1 unspecified atom stereocenters. The largest absolute Gasteiger partial charge is 0.378 e. The third kappa shape index (κ3) is 4.71. The fraction of sp³-hybridized carbons (Fsp3) is 0.500. The van der Waals surface area contributed by atoms with Crippen molar-refractivity contribution in [2.45, 2.75) is 37.2 Å². The van der Waals surface area contributed by atoms with Crippen LogP contribution in [0.2, 0.25) is 0 Å². The quantitative estimate of drug-likeness (QED) is 0.864. The average Bonchev–Trinajstić information content (AvgIpc) is 2.92. The van der Waals surface area contributed by atoms with Crippen LogP contribution in [0.1, 0.15) is 24.8 Å². The molecule has 116 valence electrons. The van der Waals surface area contributed by atoms with Gasteiger partial charge in [-0.15, -0.1) is 0 Å². The summed E-state index contributed by atoms with van der Waals surface area (Å²) in [7, 11) is -3.82. The predicted molar refractivity (Wildman–Crippen MR) is 78.5 cm³/mol. The van der Waals surface area contributed by atoms with Crippen LogP contribution in [0, 0.1) is 6.92 Å². The zero-order valence-corrected chi connectivity index (χ0v) is 12.8. The summed E-state index contributed by atoms with van der Waals surface area (Å²) in [4.78, 5) is 11.7. The first-order valence-electron chi connectivity index (χ1n) is 6.96. The van der Waals surface area contributed by atoms with Crippen molar-refractivity contribution in [2.24, 2.45) is 0 Å². The van der Waals surface area contributed by atoms with Gasteiger partial charge in [0.2, 0.25) is 0 Å². The van der Waals surface area contributed by atoms with Gasteiger partial charge in [0.25, 0.3) is 10.0 Å². The van der Waals surface area contributed by atoms with Gasteiger partial charge in [-0.2, -0.15) is 0 Å². The first-order valence-corrected chi connectivity index (χ1v) is 8.44. The molecule has 21 heavy (non-hydrogen) atoms. The molecular formula is C14H20N2O4S. The maximum atomic E-state index is 12.0. The van der Waals surface area contributed by atoms with Crippen molar-refractivity contribution in [3.63, 3.8) is 0 Å². The number of nitrogens with one attached hydrogen (secondary N) is 2. The first-order chi connectivity index (χ1) is 9.97. The number of aryl methyl sites for hydroxylation is 1. The van der Waals surface area contributed by atoms with E-state index in [1.807, 2.05) is 11.6 Å². The van der Waals surface area contributed by atoms with E-state index < -0.39 is 16.1 Å². The van der Waals surface area contributed by atoms with Gasteiger partial charge in [-0.3, -0.25) is 0 Å². The van der Waals surface area contributed by atoms with E-state index in [4.69, 9.17) is 4.74 Å². The maximum absolute atomic E-state index is 12.0. The molecule has 1 aliphatic rings. The molecule has 1 heterocycles. The van der Waals surface area contributed by atoms with E-state index in [0.717, 1.165) is 25.0 Å². The molecule has 1 saturated heterocycles. The van der Waals surface area contributed by atoms with Gasteiger partial charge in [-0.05, 0) is 38.3 Å². The normalized spacial score (nSPS) is 18.4. The lowest BCUT2D eigenvalue weighted by Gasteiger charge is -2.11. The summed E-state index contributed by atoms with van der Waals surface area (Å²) in [5.74, 6) is 0. The third-order valence-corrected chi connectivity index (χ3v) is 4.68. The Kier molecular flexibility index (Phi) is 5.19. The molecule has 0 bridgehead atoms. The van der Waals surface area contributed by atoms with Gasteiger partial charge in [-0.1, -0.05) is 17.7 Å². The lowest BCUT2D eigenvalue weighted by atomic mass is 10.2. The molecule has 1 fully saturated rings. The van der Waals surface area contributed by atoms with Gasteiger partial charge >= 0.3 is 6.03 Å². The second kappa shape index (κ2) is 6.91. The summed E-state index contributed by atoms with van der Waals surface area (Å²) in [5.41, 5.74) is 0.954. The minimum absolute atomic E-state index is 0.0716. The molecule has 0 aromatic heterocycles. The van der Waals surface area contributed by atoms with Crippen molar-refractivity contribution in [3.05, 3.63) is 29.8 Å². The Bertz CT molecular complexity index is 577. The van der Waals surface area contributed by atoms with Crippen LogP contribution in [0.25, 0.3) is 0 Å². The van der Waals surface area contributed by atoms with Gasteiger partial charge in [0.05, 0.1) is 11.0 Å². The summed E-state index contributed by atoms with van der Waals surface area (Å²) in [6.45, 7) is 3.01. The van der Waals surface area contributed by atoms with E-state index in [9.17, 15) is 13.2 Å². The monoisotopic (exact) mass is 312 g/mol. The first kappa shape index (κ1) is 15.8. The number of hydrogen-bond acceptors (Lipinski definition) is 4. The molecule has 1 aliphatic heterocycles. The number of ether oxygens (including phenoxy) is 1. The lowest BCUT2D eigenvalue weighted by Crippen LogP contribution is -2.40. The number of benzene rings is 1. The van der Waals surface area contributed by atoms with Crippen LogP contribution in [0.5, 0.6) is 0 Å². The number of hydrogen-bond donors (Lipinski definition) is 2. The smallest absolute Gasteiger partial charge is 0.328 e. The summed E-state index contributed by atoms with van der Waals surface area (Å²) < 4.78 is 31.4. The number of urea groups is 1. The molecule has 1 aromatic rings. The van der Waals surface area contributed by atoms with Crippen LogP contribution < -0.4 is 10.0 Å². The number of amides is 2. The van der Waals surface area contributed by atoms with E-state index in [0.29, 0.717) is 13.0 Å². The highest BCUT2D eigenvalue weighted by atomic mass is 32.2. The Balaban J connectivity index is 1.81. The average molecular weight is 312 g/mol. The van der Waals surface area contributed by atoms with Crippen molar-refractivity contribution < 1.29 is 17.9 Å². The van der Waals surface area contributed by atoms with Gasteiger partial charge in [0.1, 0.15) is 0 Å². The fourth-order valence-corrected chi connectivity index (χ4v) is 3.08. The minimum atomic E-state index is -3.82. The second-order valence-corrected chi connectivity index (χ2v) is 6.78. The number of rotatable bonds is 5. The standard InChI is InChI=1S/C14H20N2O4S/c1-11-4-6-13(7-5-11)21(18,19)16-14(17)15-9-8-12-3-2-10-20-12/h4-7,12H,2-3,8-10H2,1H3,(H2,15,16,17). The van der Waals surface area contributed by atoms with Crippen molar-refractivity contribution >= 4 is 16.1 Å². The molecule has 6 nitrogen and oxygen atoms in total. The Morgan fingerprint density at radius 1 is 1.33 bits per heavy atom. The zero-order valence-electron chi connectivity index (χ0n) is 12.0. The lowest BCUT2D eigenvalue weighted by molar-refractivity contribution is 0.105. The number of carbonyl (C=O) groups is 1. The fourth-order valence-electron chi connectivity index (χ4n) is 2.15. The molecule has 0 spiro atoms. The molecular weight excluding hydrogens is 292 g/mol. The highest BCUT2D eigenvalue weighted by Crippen LogP contribution is 2.14. The van der Waals surface area contributed by atoms with Crippen molar-refractivity contribution in [2.75, 3.05) is 13.2 Å². The predicted octanol–water partition coefficient (Wildman–Crippen LogP) is 1.55. The van der Waals surface area contributed by atoms with Crippen LogP contribution >= 0.6 is 0 Å². The molecule has 7 heteroatoms. The maximum Gasteiger partial charge on any atom is 0.328 e. The molecule has 0 aliphatic carbocycles. The van der Waals surface area contributed by atoms with Gasteiger partial charge in [0.15, 0.2) is 0 Å². The summed E-state index contributed by atoms with van der Waals surface area (Å²) >= 11 is 0. The zero-order chi connectivity index (χ0) is 15.3. The van der Waals surface area contributed by atoms with Gasteiger partial charge in [-0.25, -0.2) is 17.9 Å². The molecule has 0 radical (unpaired) electrons. The summed E-state index contributed by atoms with van der Waals surface area (Å²) in [6, 6.07) is 5.59. The molecule has 1 aromatic carbocycles. The number of carbonyl (C=O) groups excluding carboxylic acids is 1. The van der Waals surface area contributed by atoms with Crippen LogP contribution in [-0.2, 0) is 14.8 Å². The Labute approximate surface area is 124 Å². The molecule has 2 rings (SSSR count). The van der Waals surface area contributed by atoms with E-state index >= 15 is 0 Å². The van der Waals surface area contributed by atoms with Gasteiger partial charge in [0, 0.05) is 13.2 Å². The Morgan fingerprint density at radius 3 is 2.67 bits per heavy atom. The molecule has 2 amide bonds. The Hall–Kier alpha value is -1.60. The van der Waals surface area contributed by atoms with Crippen LogP contribution in [-0.4, -0.2) is 33.7 Å². The molecule has 2 N–H and O–H groups in total. The minimum Gasteiger partial charge on any atom is -0.378 e. The summed E-state index contributed by atoms with van der Waals surface area (Å²) in [6.07, 6.45) is 2.89. The van der Waals surface area contributed by atoms with Crippen molar-refractivity contribution in [3.8, 4) is 0 Å². The van der Waals surface area contributed by atoms with E-state index in [1.54, 1.807) is 12.1 Å². The van der Waals surface area contributed by atoms with Crippen LogP contribution in [0.3, 0.4) is 0 Å². The van der Waals surface area contributed by atoms with Crippen molar-refractivity contribution in [1.82, 2.24) is 10.0 Å². The van der Waals surface area contributed by atoms with Crippen LogP contribution in [0.4, 0.5) is 4.79 Å². The topological polar surface area (TPSA) is 84.5 Å². The SMILES string of the molecule is Cc1ccc(S(=O)(=O)NC(=O)NCCC2CCCO2)cc1. The number of sulfonamides is 1.